The lowest BCUT2D eigenvalue weighted by molar-refractivity contribution is 0.0533. The number of nitrogens with one attached hydrogen (secondary N) is 1. The van der Waals surface area contributed by atoms with Crippen LogP contribution in [0.25, 0.3) is 0 Å². The summed E-state index contributed by atoms with van der Waals surface area (Å²) >= 11 is 1.86. The first-order valence-electron chi connectivity index (χ1n) is 7.37. The van der Waals surface area contributed by atoms with E-state index in [-0.39, 0.29) is 5.54 Å². The van der Waals surface area contributed by atoms with Gasteiger partial charge in [0.05, 0.1) is 12.2 Å². The van der Waals surface area contributed by atoms with Gasteiger partial charge in [0.1, 0.15) is 5.01 Å². The van der Waals surface area contributed by atoms with Crippen molar-refractivity contribution >= 4 is 11.3 Å². The molecule has 0 bridgehead atoms. The first-order chi connectivity index (χ1) is 8.95. The highest BCUT2D eigenvalue weighted by atomic mass is 32.1. The Labute approximate surface area is 120 Å². The summed E-state index contributed by atoms with van der Waals surface area (Å²) in [7, 11) is 0. The van der Waals surface area contributed by atoms with Crippen LogP contribution in [0.1, 0.15) is 42.3 Å². The lowest BCUT2D eigenvalue weighted by Crippen LogP contribution is -2.62. The van der Waals surface area contributed by atoms with Crippen molar-refractivity contribution < 1.29 is 0 Å². The van der Waals surface area contributed by atoms with E-state index in [1.807, 2.05) is 11.3 Å². The van der Waals surface area contributed by atoms with Gasteiger partial charge in [-0.1, -0.05) is 0 Å². The first-order valence-corrected chi connectivity index (χ1v) is 8.19. The second-order valence-electron chi connectivity index (χ2n) is 6.77. The molecule has 1 saturated carbocycles. The van der Waals surface area contributed by atoms with E-state index in [4.69, 9.17) is 4.98 Å². The molecule has 106 valence electrons. The van der Waals surface area contributed by atoms with Gasteiger partial charge in [-0.25, -0.2) is 4.98 Å². The van der Waals surface area contributed by atoms with Crippen LogP contribution in [0.5, 0.6) is 0 Å². The van der Waals surface area contributed by atoms with Gasteiger partial charge in [-0.2, -0.15) is 0 Å². The Morgan fingerprint density at radius 1 is 1.37 bits per heavy atom. The van der Waals surface area contributed by atoms with Crippen LogP contribution >= 0.6 is 11.3 Å². The molecule has 2 fully saturated rings. The summed E-state index contributed by atoms with van der Waals surface area (Å²) in [5, 5.41) is 5.02. The van der Waals surface area contributed by atoms with Crippen molar-refractivity contribution in [1.82, 2.24) is 15.2 Å². The number of thiazole rings is 1. The molecular weight excluding hydrogens is 254 g/mol. The molecule has 0 amide bonds. The quantitative estimate of drug-likeness (QED) is 0.922. The van der Waals surface area contributed by atoms with E-state index in [0.29, 0.717) is 6.04 Å². The van der Waals surface area contributed by atoms with Crippen LogP contribution in [0.2, 0.25) is 0 Å². The molecule has 1 aromatic heterocycles. The number of aryl methyl sites for hydroxylation is 2. The van der Waals surface area contributed by atoms with Crippen LogP contribution < -0.4 is 5.32 Å². The second kappa shape index (κ2) is 4.83. The molecule has 2 heterocycles. The summed E-state index contributed by atoms with van der Waals surface area (Å²) in [5.74, 6) is 0.929. The summed E-state index contributed by atoms with van der Waals surface area (Å²) in [6, 6.07) is 0.704. The maximum atomic E-state index is 4.71. The van der Waals surface area contributed by atoms with E-state index in [2.05, 4.69) is 37.9 Å². The van der Waals surface area contributed by atoms with Gasteiger partial charge in [-0.05, 0) is 46.5 Å². The molecule has 2 aliphatic rings. The van der Waals surface area contributed by atoms with Crippen molar-refractivity contribution in [2.75, 3.05) is 13.1 Å². The molecule has 0 aromatic carbocycles. The van der Waals surface area contributed by atoms with Gasteiger partial charge in [0, 0.05) is 29.5 Å². The summed E-state index contributed by atoms with van der Waals surface area (Å²) in [6.45, 7) is 12.3. The maximum Gasteiger partial charge on any atom is 0.107 e. The Morgan fingerprint density at radius 3 is 2.68 bits per heavy atom. The van der Waals surface area contributed by atoms with Gasteiger partial charge >= 0.3 is 0 Å². The maximum absolute atomic E-state index is 4.71. The SMILES string of the molecule is Cc1nc(CN2CC(C3CC3)NCC2(C)C)sc1C. The Kier molecular flexibility index (Phi) is 3.44. The molecule has 1 aromatic rings. The lowest BCUT2D eigenvalue weighted by atomic mass is 9.96. The average Bonchev–Trinajstić information content (AvgIpc) is 3.11. The monoisotopic (exact) mass is 279 g/mol. The topological polar surface area (TPSA) is 28.2 Å². The Hall–Kier alpha value is -0.450. The average molecular weight is 279 g/mol. The van der Waals surface area contributed by atoms with E-state index in [1.54, 1.807) is 0 Å². The highest BCUT2D eigenvalue weighted by molar-refractivity contribution is 7.11. The van der Waals surface area contributed by atoms with Crippen molar-refractivity contribution in [3.05, 3.63) is 15.6 Å². The number of nitrogens with zero attached hydrogens (tertiary/aromatic N) is 2. The van der Waals surface area contributed by atoms with E-state index >= 15 is 0 Å². The summed E-state index contributed by atoms with van der Waals surface area (Å²) < 4.78 is 0. The molecule has 1 aliphatic carbocycles. The normalized spacial score (nSPS) is 27.7. The first kappa shape index (κ1) is 13.5. The number of hydrogen-bond donors (Lipinski definition) is 1. The highest BCUT2D eigenvalue weighted by Crippen LogP contribution is 2.36. The third-order valence-electron chi connectivity index (χ3n) is 4.66. The number of rotatable bonds is 3. The minimum atomic E-state index is 0.235. The van der Waals surface area contributed by atoms with Crippen LogP contribution in [0.3, 0.4) is 0 Å². The predicted molar refractivity (Wildman–Crippen MR) is 80.6 cm³/mol. The van der Waals surface area contributed by atoms with E-state index in [1.165, 1.54) is 35.0 Å². The fraction of sp³-hybridized carbons (Fsp3) is 0.800. The lowest BCUT2D eigenvalue weighted by Gasteiger charge is -2.46. The fourth-order valence-corrected chi connectivity index (χ4v) is 3.85. The molecule has 4 heteroatoms. The van der Waals surface area contributed by atoms with Gasteiger partial charge < -0.3 is 5.32 Å². The standard InChI is InChI=1S/C15H25N3S/c1-10-11(2)19-14(17-10)8-18-7-13(12-5-6-12)16-9-15(18,3)4/h12-13,16H,5-9H2,1-4H3. The zero-order valence-corrected chi connectivity index (χ0v) is 13.3. The third-order valence-corrected chi connectivity index (χ3v) is 5.72. The van der Waals surface area contributed by atoms with E-state index in [9.17, 15) is 0 Å². The van der Waals surface area contributed by atoms with Crippen molar-refractivity contribution in [3.63, 3.8) is 0 Å². The zero-order valence-electron chi connectivity index (χ0n) is 12.5. The molecule has 19 heavy (non-hydrogen) atoms. The minimum Gasteiger partial charge on any atom is -0.311 e. The molecule has 0 radical (unpaired) electrons. The van der Waals surface area contributed by atoms with Crippen LogP contribution in [0.15, 0.2) is 0 Å². The molecule has 3 rings (SSSR count). The smallest absolute Gasteiger partial charge is 0.107 e. The van der Waals surface area contributed by atoms with Crippen LogP contribution in [0, 0.1) is 19.8 Å². The van der Waals surface area contributed by atoms with Crippen LogP contribution in [-0.4, -0.2) is 34.6 Å². The highest BCUT2D eigenvalue weighted by Gasteiger charge is 2.40. The molecule has 1 N–H and O–H groups in total. The molecule has 0 spiro atoms. The van der Waals surface area contributed by atoms with E-state index < -0.39 is 0 Å². The van der Waals surface area contributed by atoms with E-state index in [0.717, 1.165) is 19.0 Å². The number of piperazine rings is 1. The van der Waals surface area contributed by atoms with Crippen LogP contribution in [0.4, 0.5) is 0 Å². The number of hydrogen-bond acceptors (Lipinski definition) is 4. The largest absolute Gasteiger partial charge is 0.311 e. The van der Waals surface area contributed by atoms with Crippen molar-refractivity contribution in [3.8, 4) is 0 Å². The van der Waals surface area contributed by atoms with Crippen LogP contribution in [-0.2, 0) is 6.54 Å². The predicted octanol–water partition coefficient (Wildman–Crippen LogP) is 2.72. The van der Waals surface area contributed by atoms with Gasteiger partial charge in [0.15, 0.2) is 0 Å². The van der Waals surface area contributed by atoms with Gasteiger partial charge in [-0.3, -0.25) is 4.90 Å². The fourth-order valence-electron chi connectivity index (χ4n) is 2.90. The minimum absolute atomic E-state index is 0.235. The molecule has 3 nitrogen and oxygen atoms in total. The number of aromatic nitrogens is 1. The molecule has 1 saturated heterocycles. The third kappa shape index (κ3) is 2.86. The molecule has 1 aliphatic heterocycles. The zero-order chi connectivity index (χ0) is 13.6. The van der Waals surface area contributed by atoms with Crippen molar-refractivity contribution in [2.24, 2.45) is 5.92 Å². The Morgan fingerprint density at radius 2 is 2.11 bits per heavy atom. The summed E-state index contributed by atoms with van der Waals surface area (Å²) in [5.41, 5.74) is 1.44. The Bertz CT molecular complexity index is 442. The molecule has 1 unspecified atom stereocenters. The van der Waals surface area contributed by atoms with Gasteiger partial charge in [0.2, 0.25) is 0 Å². The van der Waals surface area contributed by atoms with Crippen molar-refractivity contribution in [1.29, 1.82) is 0 Å². The molecule has 1 atom stereocenters. The second-order valence-corrected chi connectivity index (χ2v) is 8.05. The molecular formula is C15H25N3S. The van der Waals surface area contributed by atoms with Crippen molar-refractivity contribution in [2.45, 2.75) is 58.7 Å². The summed E-state index contributed by atoms with van der Waals surface area (Å²) in [4.78, 5) is 8.70. The summed E-state index contributed by atoms with van der Waals surface area (Å²) in [6.07, 6.45) is 2.84. The van der Waals surface area contributed by atoms with Gasteiger partial charge in [-0.15, -0.1) is 11.3 Å². The Balaban J connectivity index is 1.72. The van der Waals surface area contributed by atoms with Gasteiger partial charge in [0.25, 0.3) is 0 Å².